The van der Waals surface area contributed by atoms with Crippen molar-refractivity contribution in [3.05, 3.63) is 21.9 Å². The van der Waals surface area contributed by atoms with Crippen LogP contribution in [0.1, 0.15) is 29.5 Å². The molecule has 0 N–H and O–H groups in total. The molecule has 0 aliphatic carbocycles. The Morgan fingerprint density at radius 2 is 2.18 bits per heavy atom. The van der Waals surface area contributed by atoms with E-state index in [1.165, 1.54) is 9.75 Å². The Labute approximate surface area is 105 Å². The highest BCUT2D eigenvalue weighted by Gasteiger charge is 2.27. The fraction of sp³-hybridized carbons (Fsp3) is 0.538. The molecule has 3 nitrogen and oxygen atoms in total. The first-order chi connectivity index (χ1) is 8.06. The van der Waals surface area contributed by atoms with Crippen molar-refractivity contribution in [1.82, 2.24) is 4.90 Å². The molecule has 1 aliphatic rings. The van der Waals surface area contributed by atoms with Gasteiger partial charge >= 0.3 is 0 Å². The van der Waals surface area contributed by atoms with Gasteiger partial charge in [0.2, 0.25) is 5.91 Å². The lowest BCUT2D eigenvalue weighted by atomic mass is 10.1. The maximum absolute atomic E-state index is 11.8. The van der Waals surface area contributed by atoms with E-state index in [0.717, 1.165) is 6.42 Å². The Bertz CT molecular complexity index is 438. The summed E-state index contributed by atoms with van der Waals surface area (Å²) in [5, 5.41) is 0. The number of Topliss-reactive ketones (excluding diaryl/α,β-unsaturated/α-hetero) is 1. The smallest absolute Gasteiger partial charge is 0.230 e. The van der Waals surface area contributed by atoms with Crippen LogP contribution in [-0.4, -0.2) is 29.2 Å². The van der Waals surface area contributed by atoms with Crippen LogP contribution in [-0.2, 0) is 16.0 Å². The van der Waals surface area contributed by atoms with Gasteiger partial charge in [0.1, 0.15) is 5.78 Å². The van der Waals surface area contributed by atoms with E-state index < -0.39 is 0 Å². The first-order valence-electron chi connectivity index (χ1n) is 5.93. The lowest BCUT2D eigenvalue weighted by Crippen LogP contribution is -2.45. The van der Waals surface area contributed by atoms with Gasteiger partial charge in [-0.2, -0.15) is 0 Å². The summed E-state index contributed by atoms with van der Waals surface area (Å²) in [6.07, 6.45) is 1.49. The average Bonchev–Trinajstić information content (AvgIpc) is 2.63. The number of rotatable bonds is 3. The standard InChI is InChI=1S/C13H17NO2S/c1-9(7-12-4-3-10(2)17-12)14-6-5-11(15)8-13(14)16/h3-4,9H,5-8H2,1-2H3. The Kier molecular flexibility index (Phi) is 3.62. The molecule has 1 aliphatic heterocycles. The van der Waals surface area contributed by atoms with E-state index in [4.69, 9.17) is 0 Å². The molecule has 1 aromatic rings. The predicted molar refractivity (Wildman–Crippen MR) is 68.2 cm³/mol. The minimum absolute atomic E-state index is 0.0120. The number of hydrogen-bond acceptors (Lipinski definition) is 3. The second-order valence-corrected chi connectivity index (χ2v) is 5.99. The molecule has 1 fully saturated rings. The highest BCUT2D eigenvalue weighted by atomic mass is 32.1. The molecule has 0 spiro atoms. The second-order valence-electron chi connectivity index (χ2n) is 4.62. The Balaban J connectivity index is 1.98. The Hall–Kier alpha value is -1.16. The largest absolute Gasteiger partial charge is 0.339 e. The molecule has 1 atom stereocenters. The molecule has 0 aromatic carbocycles. The number of carbonyl (C=O) groups is 2. The monoisotopic (exact) mass is 251 g/mol. The topological polar surface area (TPSA) is 37.4 Å². The third-order valence-electron chi connectivity index (χ3n) is 3.12. The number of amides is 1. The first-order valence-corrected chi connectivity index (χ1v) is 6.74. The van der Waals surface area contributed by atoms with Crippen molar-refractivity contribution in [3.8, 4) is 0 Å². The maximum Gasteiger partial charge on any atom is 0.230 e. The summed E-state index contributed by atoms with van der Waals surface area (Å²) in [6.45, 7) is 4.73. The molecule has 0 saturated carbocycles. The molecule has 1 saturated heterocycles. The van der Waals surface area contributed by atoms with Crippen LogP contribution in [0.5, 0.6) is 0 Å². The fourth-order valence-corrected chi connectivity index (χ4v) is 3.20. The minimum atomic E-state index is -0.0120. The minimum Gasteiger partial charge on any atom is -0.339 e. The van der Waals surface area contributed by atoms with Gasteiger partial charge in [0.25, 0.3) is 0 Å². The van der Waals surface area contributed by atoms with E-state index in [2.05, 4.69) is 26.0 Å². The van der Waals surface area contributed by atoms with Crippen LogP contribution >= 0.6 is 11.3 Å². The van der Waals surface area contributed by atoms with Crippen LogP contribution in [0.2, 0.25) is 0 Å². The lowest BCUT2D eigenvalue weighted by molar-refractivity contribution is -0.141. The molecule has 0 bridgehead atoms. The quantitative estimate of drug-likeness (QED) is 0.772. The van der Waals surface area contributed by atoms with Gasteiger partial charge in [-0.15, -0.1) is 11.3 Å². The van der Waals surface area contributed by atoms with Gasteiger partial charge in [-0.05, 0) is 26.0 Å². The Morgan fingerprint density at radius 1 is 1.41 bits per heavy atom. The van der Waals surface area contributed by atoms with Crippen LogP contribution in [0, 0.1) is 6.92 Å². The van der Waals surface area contributed by atoms with Crippen LogP contribution < -0.4 is 0 Å². The summed E-state index contributed by atoms with van der Waals surface area (Å²) in [7, 11) is 0. The van der Waals surface area contributed by atoms with Crippen molar-refractivity contribution in [2.45, 2.75) is 39.2 Å². The fourth-order valence-electron chi connectivity index (χ4n) is 2.19. The zero-order valence-electron chi connectivity index (χ0n) is 10.2. The van der Waals surface area contributed by atoms with Crippen molar-refractivity contribution in [1.29, 1.82) is 0 Å². The maximum atomic E-state index is 11.8. The third-order valence-corrected chi connectivity index (χ3v) is 4.15. The van der Waals surface area contributed by atoms with Crippen molar-refractivity contribution >= 4 is 23.0 Å². The second kappa shape index (κ2) is 5.00. The number of carbonyl (C=O) groups excluding carboxylic acids is 2. The van der Waals surface area contributed by atoms with Gasteiger partial charge in [-0.1, -0.05) is 0 Å². The molecular weight excluding hydrogens is 234 g/mol. The molecule has 1 amide bonds. The van der Waals surface area contributed by atoms with Crippen LogP contribution in [0.3, 0.4) is 0 Å². The first kappa shape index (κ1) is 12.3. The number of piperidine rings is 1. The molecule has 1 aromatic heterocycles. The van der Waals surface area contributed by atoms with Gasteiger partial charge < -0.3 is 4.90 Å². The van der Waals surface area contributed by atoms with Crippen LogP contribution in [0.15, 0.2) is 12.1 Å². The number of likely N-dealkylation sites (tertiary alicyclic amines) is 1. The van der Waals surface area contributed by atoms with E-state index in [0.29, 0.717) is 13.0 Å². The van der Waals surface area contributed by atoms with Crippen molar-refractivity contribution in [2.24, 2.45) is 0 Å². The molecule has 1 unspecified atom stereocenters. The average molecular weight is 251 g/mol. The molecule has 92 valence electrons. The predicted octanol–water partition coefficient (Wildman–Crippen LogP) is 2.18. The molecular formula is C13H17NO2S. The summed E-state index contributed by atoms with van der Waals surface area (Å²) >= 11 is 1.78. The zero-order valence-corrected chi connectivity index (χ0v) is 11.0. The molecule has 17 heavy (non-hydrogen) atoms. The number of hydrogen-bond donors (Lipinski definition) is 0. The summed E-state index contributed by atoms with van der Waals surface area (Å²) in [5.74, 6) is 0.0625. The number of thiophene rings is 1. The molecule has 4 heteroatoms. The number of nitrogens with zero attached hydrogens (tertiary/aromatic N) is 1. The SMILES string of the molecule is Cc1ccc(CC(C)N2CCC(=O)CC2=O)s1. The lowest BCUT2D eigenvalue weighted by Gasteiger charge is -2.31. The van der Waals surface area contributed by atoms with Gasteiger partial charge in [0.15, 0.2) is 0 Å². The van der Waals surface area contributed by atoms with E-state index >= 15 is 0 Å². The van der Waals surface area contributed by atoms with Crippen molar-refractivity contribution in [3.63, 3.8) is 0 Å². The van der Waals surface area contributed by atoms with Crippen LogP contribution in [0.25, 0.3) is 0 Å². The molecule has 2 heterocycles. The van der Waals surface area contributed by atoms with Crippen LogP contribution in [0.4, 0.5) is 0 Å². The van der Waals surface area contributed by atoms with Crippen molar-refractivity contribution < 1.29 is 9.59 Å². The summed E-state index contributed by atoms with van der Waals surface area (Å²) in [6, 6.07) is 4.42. The van der Waals surface area contributed by atoms with E-state index in [-0.39, 0.29) is 24.2 Å². The number of aryl methyl sites for hydroxylation is 1. The van der Waals surface area contributed by atoms with E-state index in [1.807, 2.05) is 4.90 Å². The van der Waals surface area contributed by atoms with Gasteiger partial charge in [0.05, 0.1) is 6.42 Å². The Morgan fingerprint density at radius 3 is 2.76 bits per heavy atom. The molecule has 2 rings (SSSR count). The number of ketones is 1. The van der Waals surface area contributed by atoms with Gasteiger partial charge in [0, 0.05) is 35.2 Å². The summed E-state index contributed by atoms with van der Waals surface area (Å²) in [4.78, 5) is 27.4. The third kappa shape index (κ3) is 2.94. The zero-order chi connectivity index (χ0) is 12.4. The van der Waals surface area contributed by atoms with Gasteiger partial charge in [-0.25, -0.2) is 0 Å². The van der Waals surface area contributed by atoms with Gasteiger partial charge in [-0.3, -0.25) is 9.59 Å². The highest BCUT2D eigenvalue weighted by molar-refractivity contribution is 7.11. The van der Waals surface area contributed by atoms with E-state index in [9.17, 15) is 9.59 Å². The summed E-state index contributed by atoms with van der Waals surface area (Å²) in [5.41, 5.74) is 0. The van der Waals surface area contributed by atoms with Crippen molar-refractivity contribution in [2.75, 3.05) is 6.54 Å². The highest BCUT2D eigenvalue weighted by Crippen LogP contribution is 2.20. The van der Waals surface area contributed by atoms with E-state index in [1.54, 1.807) is 11.3 Å². The molecule has 0 radical (unpaired) electrons. The normalized spacial score (nSPS) is 18.6. The summed E-state index contributed by atoms with van der Waals surface area (Å²) < 4.78 is 0.